The molecule has 22 heavy (non-hydrogen) atoms. The SMILES string of the molecule is CC(=N[S@+]([O-])C(C)(C)C)c1cccc(C(F)(F)C(C)(C)O)c1. The van der Waals surface area contributed by atoms with Crippen LogP contribution >= 0.6 is 0 Å². The zero-order valence-corrected chi connectivity index (χ0v) is 14.6. The van der Waals surface area contributed by atoms with E-state index < -0.39 is 27.6 Å². The maximum atomic E-state index is 14.2. The fourth-order valence-electron chi connectivity index (χ4n) is 1.61. The van der Waals surface area contributed by atoms with Crippen molar-refractivity contribution in [2.75, 3.05) is 0 Å². The van der Waals surface area contributed by atoms with E-state index in [1.807, 2.05) is 0 Å². The van der Waals surface area contributed by atoms with Gasteiger partial charge in [0.25, 0.3) is 0 Å². The number of hydrogen-bond donors (Lipinski definition) is 1. The monoisotopic (exact) mass is 331 g/mol. The highest BCUT2D eigenvalue weighted by molar-refractivity contribution is 7.91. The molecule has 0 heterocycles. The highest BCUT2D eigenvalue weighted by Crippen LogP contribution is 2.38. The van der Waals surface area contributed by atoms with Crippen molar-refractivity contribution in [2.45, 2.75) is 57.8 Å². The average molecular weight is 331 g/mol. The number of hydrogen-bond acceptors (Lipinski definition) is 3. The summed E-state index contributed by atoms with van der Waals surface area (Å²) in [5, 5.41) is 9.65. The van der Waals surface area contributed by atoms with Gasteiger partial charge in [-0.3, -0.25) is 0 Å². The molecule has 1 atom stereocenters. The Bertz CT molecular complexity index is 560. The first-order chi connectivity index (χ1) is 9.76. The lowest BCUT2D eigenvalue weighted by Crippen LogP contribution is -2.40. The fourth-order valence-corrected chi connectivity index (χ4v) is 2.23. The number of halogens is 2. The third-order valence-electron chi connectivity index (χ3n) is 3.15. The van der Waals surface area contributed by atoms with Crippen molar-refractivity contribution in [3.63, 3.8) is 0 Å². The highest BCUT2D eigenvalue weighted by Gasteiger charge is 2.47. The summed E-state index contributed by atoms with van der Waals surface area (Å²) in [6, 6.07) is 5.64. The van der Waals surface area contributed by atoms with E-state index in [1.165, 1.54) is 18.2 Å². The van der Waals surface area contributed by atoms with Gasteiger partial charge in [-0.05, 0) is 47.6 Å². The minimum Gasteiger partial charge on any atom is -0.591 e. The Morgan fingerprint density at radius 1 is 1.18 bits per heavy atom. The standard InChI is InChI=1S/C16H23F2NO2S/c1-11(19-22(21)14(2,3)4)12-8-7-9-13(10-12)16(17,18)15(5,6)20/h7-10,20H,1-6H3/t22-/m1/s1. The second-order valence-electron chi connectivity index (χ2n) is 6.75. The molecule has 0 aromatic heterocycles. The molecule has 3 nitrogen and oxygen atoms in total. The van der Waals surface area contributed by atoms with Crippen LogP contribution in [-0.4, -0.2) is 25.7 Å². The van der Waals surface area contributed by atoms with Gasteiger partial charge < -0.3 is 9.66 Å². The molecule has 124 valence electrons. The summed E-state index contributed by atoms with van der Waals surface area (Å²) in [6.07, 6.45) is 0. The largest absolute Gasteiger partial charge is 0.591 e. The van der Waals surface area contributed by atoms with Crippen LogP contribution in [0.25, 0.3) is 0 Å². The van der Waals surface area contributed by atoms with Gasteiger partial charge in [0.15, 0.2) is 0 Å². The first kappa shape index (κ1) is 19.1. The Morgan fingerprint density at radius 2 is 1.73 bits per heavy atom. The average Bonchev–Trinajstić information content (AvgIpc) is 2.36. The zero-order valence-electron chi connectivity index (χ0n) is 13.8. The Balaban J connectivity index is 3.20. The van der Waals surface area contributed by atoms with E-state index in [0.29, 0.717) is 11.3 Å². The van der Waals surface area contributed by atoms with Crippen LogP contribution in [0.5, 0.6) is 0 Å². The minimum absolute atomic E-state index is 0.298. The lowest BCUT2D eigenvalue weighted by atomic mass is 9.92. The minimum atomic E-state index is -3.40. The second kappa shape index (κ2) is 6.26. The van der Waals surface area contributed by atoms with Crippen molar-refractivity contribution in [3.8, 4) is 0 Å². The molecular formula is C16H23F2NO2S. The van der Waals surface area contributed by atoms with Crippen molar-refractivity contribution in [2.24, 2.45) is 4.40 Å². The second-order valence-corrected chi connectivity index (χ2v) is 8.66. The Labute approximate surface area is 133 Å². The molecule has 0 aliphatic carbocycles. The summed E-state index contributed by atoms with van der Waals surface area (Å²) < 4.78 is 44.0. The van der Waals surface area contributed by atoms with Crippen molar-refractivity contribution < 1.29 is 18.4 Å². The van der Waals surface area contributed by atoms with E-state index in [4.69, 9.17) is 0 Å². The van der Waals surface area contributed by atoms with Gasteiger partial charge in [-0.1, -0.05) is 22.6 Å². The lowest BCUT2D eigenvalue weighted by Gasteiger charge is -2.29. The van der Waals surface area contributed by atoms with E-state index in [-0.39, 0.29) is 5.56 Å². The van der Waals surface area contributed by atoms with Crippen LogP contribution in [0.3, 0.4) is 0 Å². The van der Waals surface area contributed by atoms with Gasteiger partial charge in [0.1, 0.15) is 21.7 Å². The quantitative estimate of drug-likeness (QED) is 0.673. The van der Waals surface area contributed by atoms with Gasteiger partial charge in [-0.2, -0.15) is 8.78 Å². The third kappa shape index (κ3) is 4.27. The number of alkyl halides is 2. The highest BCUT2D eigenvalue weighted by atomic mass is 32.2. The molecule has 0 fully saturated rings. The molecule has 0 amide bonds. The van der Waals surface area contributed by atoms with Gasteiger partial charge in [0.05, 0.1) is 5.71 Å². The van der Waals surface area contributed by atoms with E-state index in [9.17, 15) is 18.4 Å². The molecule has 1 aromatic rings. The zero-order chi connectivity index (χ0) is 17.3. The molecule has 1 aromatic carbocycles. The normalized spacial score (nSPS) is 15.8. The van der Waals surface area contributed by atoms with Crippen LogP contribution in [0.1, 0.15) is 52.7 Å². The smallest absolute Gasteiger partial charge is 0.300 e. The predicted octanol–water partition coefficient (Wildman–Crippen LogP) is 3.82. The van der Waals surface area contributed by atoms with Crippen LogP contribution in [-0.2, 0) is 17.3 Å². The Hall–Kier alpha value is -0.980. The summed E-state index contributed by atoms with van der Waals surface area (Å²) in [5.41, 5.74) is -1.60. The van der Waals surface area contributed by atoms with Gasteiger partial charge in [0, 0.05) is 11.1 Å². The van der Waals surface area contributed by atoms with Crippen LogP contribution in [0.2, 0.25) is 0 Å². The van der Waals surface area contributed by atoms with Crippen molar-refractivity contribution in [1.29, 1.82) is 0 Å². The Morgan fingerprint density at radius 3 is 2.18 bits per heavy atom. The molecule has 0 unspecified atom stereocenters. The number of benzene rings is 1. The maximum Gasteiger partial charge on any atom is 0.300 e. The van der Waals surface area contributed by atoms with Crippen LogP contribution in [0, 0.1) is 0 Å². The summed E-state index contributed by atoms with van der Waals surface area (Å²) in [4.78, 5) is 0. The molecule has 0 spiro atoms. The molecule has 0 aliphatic heterocycles. The molecule has 6 heteroatoms. The Kier molecular flexibility index (Phi) is 5.42. The van der Waals surface area contributed by atoms with Gasteiger partial charge >= 0.3 is 5.92 Å². The lowest BCUT2D eigenvalue weighted by molar-refractivity contribution is -0.168. The van der Waals surface area contributed by atoms with E-state index in [2.05, 4.69) is 4.40 Å². The summed E-state index contributed by atoms with van der Waals surface area (Å²) in [5.74, 6) is -3.40. The van der Waals surface area contributed by atoms with Crippen molar-refractivity contribution in [3.05, 3.63) is 35.4 Å². The fraction of sp³-hybridized carbons (Fsp3) is 0.562. The molecule has 1 N–H and O–H groups in total. The van der Waals surface area contributed by atoms with Gasteiger partial charge in [-0.25, -0.2) is 0 Å². The topological polar surface area (TPSA) is 55.7 Å². The summed E-state index contributed by atoms with van der Waals surface area (Å²) >= 11 is -1.46. The van der Waals surface area contributed by atoms with E-state index in [0.717, 1.165) is 13.8 Å². The van der Waals surface area contributed by atoms with Gasteiger partial charge in [-0.15, -0.1) is 0 Å². The third-order valence-corrected chi connectivity index (χ3v) is 4.64. The first-order valence-corrected chi connectivity index (χ1v) is 8.06. The molecular weight excluding hydrogens is 308 g/mol. The number of nitrogens with zero attached hydrogens (tertiary/aromatic N) is 1. The van der Waals surface area contributed by atoms with Crippen LogP contribution in [0.4, 0.5) is 8.78 Å². The van der Waals surface area contributed by atoms with Crippen LogP contribution < -0.4 is 0 Å². The van der Waals surface area contributed by atoms with Crippen molar-refractivity contribution >= 4 is 17.1 Å². The molecule has 0 bridgehead atoms. The maximum absolute atomic E-state index is 14.2. The summed E-state index contributed by atoms with van der Waals surface area (Å²) in [6.45, 7) is 9.13. The molecule has 0 saturated carbocycles. The molecule has 0 saturated heterocycles. The van der Waals surface area contributed by atoms with Gasteiger partial charge in [0.2, 0.25) is 0 Å². The number of aliphatic hydroxyl groups is 1. The molecule has 0 aliphatic rings. The molecule has 0 radical (unpaired) electrons. The first-order valence-electron chi connectivity index (χ1n) is 6.95. The van der Waals surface area contributed by atoms with E-state index in [1.54, 1.807) is 33.8 Å². The van der Waals surface area contributed by atoms with Crippen molar-refractivity contribution in [1.82, 2.24) is 0 Å². The summed E-state index contributed by atoms with van der Waals surface area (Å²) in [7, 11) is 0. The molecule has 1 rings (SSSR count). The number of rotatable bonds is 4. The van der Waals surface area contributed by atoms with E-state index >= 15 is 0 Å². The predicted molar refractivity (Wildman–Crippen MR) is 86.7 cm³/mol. The van der Waals surface area contributed by atoms with Crippen LogP contribution in [0.15, 0.2) is 28.7 Å².